The van der Waals surface area contributed by atoms with E-state index in [1.54, 1.807) is 6.07 Å². The molecule has 0 fully saturated rings. The number of nitro groups is 1. The first-order chi connectivity index (χ1) is 5.24. The van der Waals surface area contributed by atoms with Crippen molar-refractivity contribution in [2.24, 2.45) is 0 Å². The van der Waals surface area contributed by atoms with Crippen LogP contribution in [-0.2, 0) is 6.42 Å². The number of nitrogens with zero attached hydrogens (tertiary/aromatic N) is 1. The third-order valence-corrected chi connectivity index (χ3v) is 1.41. The van der Waals surface area contributed by atoms with Crippen LogP contribution in [0.1, 0.15) is 5.76 Å². The predicted molar refractivity (Wildman–Crippen MR) is 42.9 cm³/mol. The summed E-state index contributed by atoms with van der Waals surface area (Å²) in [6.45, 7) is 0. The van der Waals surface area contributed by atoms with E-state index in [4.69, 9.17) is 4.42 Å². The highest BCUT2D eigenvalue weighted by molar-refractivity contribution is 7.80. The first kappa shape index (κ1) is 8.13. The van der Waals surface area contributed by atoms with Crippen molar-refractivity contribution in [2.75, 3.05) is 5.75 Å². The molecule has 1 aromatic heterocycles. The van der Waals surface area contributed by atoms with Gasteiger partial charge in [-0.25, -0.2) is 0 Å². The van der Waals surface area contributed by atoms with Gasteiger partial charge in [-0.2, -0.15) is 12.6 Å². The molecule has 11 heavy (non-hydrogen) atoms. The van der Waals surface area contributed by atoms with E-state index >= 15 is 0 Å². The molecule has 60 valence electrons. The van der Waals surface area contributed by atoms with E-state index in [-0.39, 0.29) is 5.88 Å². The van der Waals surface area contributed by atoms with Crippen molar-refractivity contribution in [3.05, 3.63) is 28.0 Å². The summed E-state index contributed by atoms with van der Waals surface area (Å²) in [5, 5.41) is 10.1. The lowest BCUT2D eigenvalue weighted by Gasteiger charge is -1.86. The number of aryl methyl sites for hydroxylation is 1. The Hall–Kier alpha value is -0.970. The van der Waals surface area contributed by atoms with Crippen molar-refractivity contribution < 1.29 is 9.34 Å². The second kappa shape index (κ2) is 3.43. The summed E-state index contributed by atoms with van der Waals surface area (Å²) in [6, 6.07) is 2.94. The van der Waals surface area contributed by atoms with E-state index in [1.807, 2.05) is 0 Å². The molecule has 0 bridgehead atoms. The van der Waals surface area contributed by atoms with Gasteiger partial charge in [0.15, 0.2) is 0 Å². The maximum absolute atomic E-state index is 10.1. The van der Waals surface area contributed by atoms with Crippen LogP contribution in [0.4, 0.5) is 5.88 Å². The molecule has 1 aromatic rings. The maximum atomic E-state index is 10.1. The fourth-order valence-electron chi connectivity index (χ4n) is 0.709. The number of hydrogen-bond donors (Lipinski definition) is 1. The quantitative estimate of drug-likeness (QED) is 0.429. The van der Waals surface area contributed by atoms with Crippen LogP contribution in [0, 0.1) is 10.1 Å². The third kappa shape index (κ3) is 1.98. The van der Waals surface area contributed by atoms with E-state index in [2.05, 4.69) is 12.6 Å². The van der Waals surface area contributed by atoms with Crippen molar-refractivity contribution in [3.8, 4) is 0 Å². The summed E-state index contributed by atoms with van der Waals surface area (Å²) < 4.78 is 4.84. The molecule has 4 nitrogen and oxygen atoms in total. The SMILES string of the molecule is O=[N+]([O-])c1ccc(CCS)o1. The first-order valence-electron chi connectivity index (χ1n) is 3.08. The Balaban J connectivity index is 2.73. The van der Waals surface area contributed by atoms with Gasteiger partial charge < -0.3 is 4.42 Å². The predicted octanol–water partition coefficient (Wildman–Crippen LogP) is 1.66. The van der Waals surface area contributed by atoms with Crippen LogP contribution in [0.3, 0.4) is 0 Å². The average molecular weight is 173 g/mol. The fraction of sp³-hybridized carbons (Fsp3) is 0.333. The van der Waals surface area contributed by atoms with Crippen LogP contribution in [0.25, 0.3) is 0 Å². The summed E-state index contributed by atoms with van der Waals surface area (Å²) in [5.41, 5.74) is 0. The van der Waals surface area contributed by atoms with Crippen LogP contribution in [0.2, 0.25) is 0 Å². The smallest absolute Gasteiger partial charge is 0.406 e. The topological polar surface area (TPSA) is 56.3 Å². The lowest BCUT2D eigenvalue weighted by molar-refractivity contribution is -0.402. The Labute approximate surface area is 68.8 Å². The van der Waals surface area contributed by atoms with Gasteiger partial charge in [0.1, 0.15) is 10.7 Å². The average Bonchev–Trinajstić information content (AvgIpc) is 2.37. The summed E-state index contributed by atoms with van der Waals surface area (Å²) in [7, 11) is 0. The number of hydrogen-bond acceptors (Lipinski definition) is 4. The molecule has 0 aliphatic rings. The molecule has 5 heteroatoms. The molecular weight excluding hydrogens is 166 g/mol. The van der Waals surface area contributed by atoms with Gasteiger partial charge in [-0.3, -0.25) is 10.1 Å². The normalized spacial score (nSPS) is 9.91. The zero-order valence-electron chi connectivity index (χ0n) is 5.69. The Morgan fingerprint density at radius 3 is 2.82 bits per heavy atom. The minimum atomic E-state index is -0.554. The number of furan rings is 1. The maximum Gasteiger partial charge on any atom is 0.433 e. The molecule has 0 unspecified atom stereocenters. The van der Waals surface area contributed by atoms with Crippen LogP contribution >= 0.6 is 12.6 Å². The van der Waals surface area contributed by atoms with E-state index in [0.29, 0.717) is 17.9 Å². The van der Waals surface area contributed by atoms with Crippen LogP contribution in [0.15, 0.2) is 16.5 Å². The highest BCUT2D eigenvalue weighted by Gasteiger charge is 2.10. The molecule has 0 radical (unpaired) electrons. The Kier molecular flexibility index (Phi) is 2.53. The lowest BCUT2D eigenvalue weighted by atomic mass is 10.4. The summed E-state index contributed by atoms with van der Waals surface area (Å²) in [4.78, 5) is 9.56. The highest BCUT2D eigenvalue weighted by atomic mass is 32.1. The largest absolute Gasteiger partial charge is 0.433 e. The van der Waals surface area contributed by atoms with E-state index in [9.17, 15) is 10.1 Å². The Bertz CT molecular complexity index is 258. The third-order valence-electron chi connectivity index (χ3n) is 1.19. The van der Waals surface area contributed by atoms with Crippen molar-refractivity contribution in [2.45, 2.75) is 6.42 Å². The molecule has 0 saturated heterocycles. The zero-order chi connectivity index (χ0) is 8.27. The standard InChI is InChI=1S/C6H7NO3S/c8-7(9)6-2-1-5(10-6)3-4-11/h1-2,11H,3-4H2. The van der Waals surface area contributed by atoms with Gasteiger partial charge in [0.25, 0.3) is 0 Å². The molecule has 1 heterocycles. The van der Waals surface area contributed by atoms with Gasteiger partial charge in [-0.1, -0.05) is 0 Å². The Morgan fingerprint density at radius 1 is 1.64 bits per heavy atom. The van der Waals surface area contributed by atoms with Gasteiger partial charge in [0.05, 0.1) is 6.07 Å². The highest BCUT2D eigenvalue weighted by Crippen LogP contribution is 2.15. The minimum Gasteiger partial charge on any atom is -0.406 e. The molecule has 0 amide bonds. The molecule has 0 aliphatic heterocycles. The molecule has 0 atom stereocenters. The van der Waals surface area contributed by atoms with Gasteiger partial charge in [-0.15, -0.1) is 0 Å². The van der Waals surface area contributed by atoms with E-state index in [0.717, 1.165) is 0 Å². The van der Waals surface area contributed by atoms with Crippen LogP contribution < -0.4 is 0 Å². The number of thiol groups is 1. The first-order valence-corrected chi connectivity index (χ1v) is 3.71. The molecule has 0 N–H and O–H groups in total. The second-order valence-electron chi connectivity index (χ2n) is 1.97. The molecule has 0 saturated carbocycles. The fourth-order valence-corrected chi connectivity index (χ4v) is 0.930. The lowest BCUT2D eigenvalue weighted by Crippen LogP contribution is -1.84. The van der Waals surface area contributed by atoms with Crippen molar-refractivity contribution in [1.29, 1.82) is 0 Å². The molecular formula is C6H7NO3S. The molecule has 0 aliphatic carbocycles. The summed E-state index contributed by atoms with van der Waals surface area (Å²) >= 11 is 3.96. The Morgan fingerprint density at radius 2 is 2.36 bits per heavy atom. The minimum absolute atomic E-state index is 0.207. The van der Waals surface area contributed by atoms with Crippen molar-refractivity contribution >= 4 is 18.5 Å². The zero-order valence-corrected chi connectivity index (χ0v) is 6.58. The van der Waals surface area contributed by atoms with Gasteiger partial charge in [0, 0.05) is 6.42 Å². The van der Waals surface area contributed by atoms with Crippen molar-refractivity contribution in [3.63, 3.8) is 0 Å². The van der Waals surface area contributed by atoms with E-state index < -0.39 is 4.92 Å². The van der Waals surface area contributed by atoms with Crippen LogP contribution in [0.5, 0.6) is 0 Å². The van der Waals surface area contributed by atoms with Gasteiger partial charge >= 0.3 is 5.88 Å². The molecule has 1 rings (SSSR count). The van der Waals surface area contributed by atoms with Gasteiger partial charge in [0.2, 0.25) is 0 Å². The van der Waals surface area contributed by atoms with E-state index in [1.165, 1.54) is 6.07 Å². The number of rotatable bonds is 3. The molecule has 0 aromatic carbocycles. The van der Waals surface area contributed by atoms with Crippen molar-refractivity contribution in [1.82, 2.24) is 0 Å². The monoisotopic (exact) mass is 173 g/mol. The summed E-state index contributed by atoms with van der Waals surface area (Å²) in [5.74, 6) is 1.03. The van der Waals surface area contributed by atoms with Gasteiger partial charge in [-0.05, 0) is 11.8 Å². The summed E-state index contributed by atoms with van der Waals surface area (Å²) in [6.07, 6.45) is 0.622. The molecule has 0 spiro atoms. The second-order valence-corrected chi connectivity index (χ2v) is 2.42. The van der Waals surface area contributed by atoms with Crippen LogP contribution in [-0.4, -0.2) is 10.7 Å².